The molecule has 24 heavy (non-hydrogen) atoms. The fraction of sp³-hybridized carbons (Fsp3) is 0.368. The molecule has 5 nitrogen and oxygen atoms in total. The normalized spacial score (nSPS) is 20.7. The largest absolute Gasteiger partial charge is 0.507 e. The molecule has 1 heterocycles. The Morgan fingerprint density at radius 1 is 1.25 bits per heavy atom. The molecular formula is C19H23N3O2. The molecule has 0 spiro atoms. The fourth-order valence-corrected chi connectivity index (χ4v) is 3.46. The van der Waals surface area contributed by atoms with Crippen molar-refractivity contribution in [3.05, 3.63) is 53.6 Å². The number of phenols is 2. The lowest BCUT2D eigenvalue weighted by atomic mass is 9.74. The second kappa shape index (κ2) is 6.15. The number of phenolic OH excluding ortho intramolecular Hbond substituents is 2. The molecule has 0 aliphatic heterocycles. The van der Waals surface area contributed by atoms with Crippen LogP contribution in [-0.4, -0.2) is 25.0 Å². The average molecular weight is 325 g/mol. The Kier molecular flexibility index (Phi) is 4.18. The molecule has 1 aromatic heterocycles. The number of allylic oxidation sites excluding steroid dienone is 3. The van der Waals surface area contributed by atoms with Crippen LogP contribution in [0.2, 0.25) is 0 Å². The number of benzene rings is 1. The molecule has 0 saturated heterocycles. The number of nitrogens with zero attached hydrogens (tertiary/aromatic N) is 3. The third kappa shape index (κ3) is 2.94. The maximum atomic E-state index is 10.6. The highest BCUT2D eigenvalue weighted by Crippen LogP contribution is 2.46. The fourth-order valence-electron chi connectivity index (χ4n) is 3.46. The molecule has 0 unspecified atom stereocenters. The van der Waals surface area contributed by atoms with Gasteiger partial charge in [0.25, 0.3) is 0 Å². The molecule has 0 amide bonds. The number of hydrogen-bond acceptors (Lipinski definition) is 4. The zero-order valence-electron chi connectivity index (χ0n) is 14.3. The van der Waals surface area contributed by atoms with Crippen molar-refractivity contribution in [2.75, 3.05) is 0 Å². The van der Waals surface area contributed by atoms with Gasteiger partial charge in [-0.05, 0) is 39.5 Å². The van der Waals surface area contributed by atoms with Gasteiger partial charge in [-0.25, -0.2) is 9.67 Å². The van der Waals surface area contributed by atoms with Crippen molar-refractivity contribution in [3.63, 3.8) is 0 Å². The highest BCUT2D eigenvalue weighted by Gasteiger charge is 2.30. The quantitative estimate of drug-likeness (QED) is 0.837. The number of aromatic nitrogens is 3. The minimum Gasteiger partial charge on any atom is -0.507 e. The summed E-state index contributed by atoms with van der Waals surface area (Å²) >= 11 is 0. The van der Waals surface area contributed by atoms with Crippen LogP contribution in [-0.2, 0) is 0 Å². The topological polar surface area (TPSA) is 71.2 Å². The van der Waals surface area contributed by atoms with Gasteiger partial charge >= 0.3 is 0 Å². The molecule has 2 atom stereocenters. The third-order valence-electron chi connectivity index (χ3n) is 4.71. The van der Waals surface area contributed by atoms with Crippen molar-refractivity contribution in [1.82, 2.24) is 14.8 Å². The molecule has 5 heteroatoms. The van der Waals surface area contributed by atoms with E-state index in [1.54, 1.807) is 25.4 Å². The van der Waals surface area contributed by atoms with E-state index in [9.17, 15) is 10.2 Å². The number of aryl methyl sites for hydroxylation is 1. The second-order valence-electron chi connectivity index (χ2n) is 6.66. The molecular weight excluding hydrogens is 302 g/mol. The van der Waals surface area contributed by atoms with E-state index in [0.717, 1.165) is 18.4 Å². The van der Waals surface area contributed by atoms with E-state index in [1.165, 1.54) is 10.3 Å². The van der Waals surface area contributed by atoms with Crippen LogP contribution in [0.25, 0.3) is 5.69 Å². The Bertz CT molecular complexity index is 797. The molecule has 0 fully saturated rings. The zero-order chi connectivity index (χ0) is 17.4. The van der Waals surface area contributed by atoms with E-state index < -0.39 is 0 Å². The molecule has 0 radical (unpaired) electrons. The smallest absolute Gasteiger partial charge is 0.147 e. The summed E-state index contributed by atoms with van der Waals surface area (Å²) in [5, 5.41) is 25.4. The minimum atomic E-state index is -0.0669. The molecule has 126 valence electrons. The maximum Gasteiger partial charge on any atom is 0.147 e. The maximum absolute atomic E-state index is 10.6. The first-order chi connectivity index (χ1) is 11.4. The van der Waals surface area contributed by atoms with Gasteiger partial charge in [0.05, 0.1) is 5.69 Å². The summed E-state index contributed by atoms with van der Waals surface area (Å²) in [5.41, 5.74) is 3.48. The minimum absolute atomic E-state index is 0.0669. The summed E-state index contributed by atoms with van der Waals surface area (Å²) in [6.45, 7) is 9.97. The molecule has 2 N–H and O–H groups in total. The van der Waals surface area contributed by atoms with Crippen molar-refractivity contribution in [3.8, 4) is 17.2 Å². The molecule has 1 aliphatic rings. The highest BCUT2D eigenvalue weighted by molar-refractivity contribution is 5.55. The molecule has 3 rings (SSSR count). The monoisotopic (exact) mass is 325 g/mol. The molecule has 1 aliphatic carbocycles. The number of aromatic hydroxyl groups is 2. The Hall–Kier alpha value is -2.56. The first-order valence-electron chi connectivity index (χ1n) is 8.14. The van der Waals surface area contributed by atoms with Crippen molar-refractivity contribution in [1.29, 1.82) is 0 Å². The van der Waals surface area contributed by atoms with E-state index in [1.807, 2.05) is 6.92 Å². The Morgan fingerprint density at radius 2 is 1.92 bits per heavy atom. The van der Waals surface area contributed by atoms with Gasteiger partial charge in [-0.15, -0.1) is 0 Å². The van der Waals surface area contributed by atoms with E-state index in [-0.39, 0.29) is 23.3 Å². The molecule has 2 aromatic rings. The average Bonchev–Trinajstić information content (AvgIpc) is 2.93. The van der Waals surface area contributed by atoms with Crippen molar-refractivity contribution >= 4 is 0 Å². The summed E-state index contributed by atoms with van der Waals surface area (Å²) in [6.07, 6.45) is 5.69. The van der Waals surface area contributed by atoms with Crippen LogP contribution in [0, 0.1) is 12.8 Å². The van der Waals surface area contributed by atoms with Gasteiger partial charge in [0.15, 0.2) is 0 Å². The van der Waals surface area contributed by atoms with Gasteiger partial charge in [0, 0.05) is 23.6 Å². The van der Waals surface area contributed by atoms with Gasteiger partial charge in [-0.1, -0.05) is 23.8 Å². The molecule has 0 bridgehead atoms. The van der Waals surface area contributed by atoms with Gasteiger partial charge in [0.2, 0.25) is 0 Å². The number of rotatable bonds is 3. The predicted octanol–water partition coefficient (Wildman–Crippen LogP) is 4.00. The molecule has 1 aromatic carbocycles. The highest BCUT2D eigenvalue weighted by atomic mass is 16.3. The van der Waals surface area contributed by atoms with Crippen LogP contribution in [0.5, 0.6) is 11.5 Å². The van der Waals surface area contributed by atoms with Gasteiger partial charge < -0.3 is 10.2 Å². The van der Waals surface area contributed by atoms with Gasteiger partial charge in [-0.2, -0.15) is 5.10 Å². The van der Waals surface area contributed by atoms with Crippen LogP contribution in [0.4, 0.5) is 0 Å². The Labute approximate surface area is 142 Å². The van der Waals surface area contributed by atoms with Crippen molar-refractivity contribution in [2.24, 2.45) is 5.92 Å². The van der Waals surface area contributed by atoms with Gasteiger partial charge in [-0.3, -0.25) is 0 Å². The first-order valence-corrected chi connectivity index (χ1v) is 8.14. The summed E-state index contributed by atoms with van der Waals surface area (Å²) in [5.74, 6) is 0.916. The van der Waals surface area contributed by atoms with Crippen molar-refractivity contribution < 1.29 is 10.2 Å². The van der Waals surface area contributed by atoms with Crippen LogP contribution >= 0.6 is 0 Å². The second-order valence-corrected chi connectivity index (χ2v) is 6.66. The van der Waals surface area contributed by atoms with Crippen LogP contribution in [0.3, 0.4) is 0 Å². The predicted molar refractivity (Wildman–Crippen MR) is 93.5 cm³/mol. The van der Waals surface area contributed by atoms with Crippen LogP contribution in [0.15, 0.2) is 42.3 Å². The van der Waals surface area contributed by atoms with Crippen LogP contribution < -0.4 is 0 Å². The molecule has 0 saturated carbocycles. The van der Waals surface area contributed by atoms with E-state index in [0.29, 0.717) is 17.1 Å². The van der Waals surface area contributed by atoms with E-state index in [4.69, 9.17) is 0 Å². The SMILES string of the molecule is C=C(C)[C@@H]1CCC(C)=C[C@H]1c1c(O)cc(-n2cnc(C)n2)cc1O. The summed E-state index contributed by atoms with van der Waals surface area (Å²) in [4.78, 5) is 4.08. The lowest BCUT2D eigenvalue weighted by molar-refractivity contribution is 0.406. The van der Waals surface area contributed by atoms with Crippen LogP contribution in [0.1, 0.15) is 44.0 Å². The standard InChI is InChI=1S/C19H23N3O2/c1-11(2)15-6-5-12(3)7-16(15)19-17(23)8-14(9-18(19)24)22-10-20-13(4)21-22/h7-10,15-16,23-24H,1,5-6H2,2-4H3/t15-,16+/m0/s1. The lowest BCUT2D eigenvalue weighted by Crippen LogP contribution is -2.17. The van der Waals surface area contributed by atoms with E-state index in [2.05, 4.69) is 29.7 Å². The van der Waals surface area contributed by atoms with E-state index >= 15 is 0 Å². The summed E-state index contributed by atoms with van der Waals surface area (Å²) < 4.78 is 1.54. The lowest BCUT2D eigenvalue weighted by Gasteiger charge is -2.31. The first kappa shape index (κ1) is 16.3. The Morgan fingerprint density at radius 3 is 2.46 bits per heavy atom. The summed E-state index contributed by atoms with van der Waals surface area (Å²) in [6, 6.07) is 3.24. The van der Waals surface area contributed by atoms with Gasteiger partial charge in [0.1, 0.15) is 23.7 Å². The summed E-state index contributed by atoms with van der Waals surface area (Å²) in [7, 11) is 0. The zero-order valence-corrected chi connectivity index (χ0v) is 14.3. The Balaban J connectivity index is 2.07. The third-order valence-corrected chi connectivity index (χ3v) is 4.71. The van der Waals surface area contributed by atoms with Crippen molar-refractivity contribution in [2.45, 2.75) is 39.5 Å². The number of hydrogen-bond donors (Lipinski definition) is 2.